The van der Waals surface area contributed by atoms with E-state index in [0.29, 0.717) is 13.1 Å². The topological polar surface area (TPSA) is 101 Å². The molecule has 0 radical (unpaired) electrons. The van der Waals surface area contributed by atoms with E-state index < -0.39 is 0 Å². The molecule has 18 heavy (non-hydrogen) atoms. The molecule has 7 heteroatoms. The highest BCUT2D eigenvalue weighted by Gasteiger charge is 2.25. The van der Waals surface area contributed by atoms with Crippen molar-refractivity contribution in [1.82, 2.24) is 21.0 Å². The van der Waals surface area contributed by atoms with E-state index in [2.05, 4.69) is 21.0 Å². The minimum absolute atomic E-state index is 0.185. The Morgan fingerprint density at radius 1 is 1.56 bits per heavy atom. The molecule has 2 rings (SSSR count). The van der Waals surface area contributed by atoms with Gasteiger partial charge in [-0.3, -0.25) is 25.8 Å². The van der Waals surface area contributed by atoms with Crippen LogP contribution in [-0.2, 0) is 4.79 Å². The highest BCUT2D eigenvalue weighted by Crippen LogP contribution is 2.15. The Morgan fingerprint density at radius 3 is 3.00 bits per heavy atom. The number of piperazine rings is 1. The Balaban J connectivity index is 1.87. The number of carbonyl (C=O) groups is 1. The zero-order valence-corrected chi connectivity index (χ0v) is 10.1. The van der Waals surface area contributed by atoms with Crippen molar-refractivity contribution in [1.29, 1.82) is 0 Å². The molecule has 5 N–H and O–H groups in total. The maximum Gasteiger partial charge on any atom is 0.252 e. The quantitative estimate of drug-likeness (QED) is 0.301. The van der Waals surface area contributed by atoms with Crippen LogP contribution in [0.4, 0.5) is 0 Å². The van der Waals surface area contributed by atoms with Crippen LogP contribution in [0.15, 0.2) is 18.3 Å². The van der Waals surface area contributed by atoms with Crippen LogP contribution in [0, 0.1) is 6.92 Å². The molecule has 1 aromatic heterocycles. The first-order chi connectivity index (χ1) is 8.70. The average Bonchev–Trinajstić information content (AvgIpc) is 2.41. The summed E-state index contributed by atoms with van der Waals surface area (Å²) in [5.74, 6) is 5.57. The number of nitrogens with two attached hydrogens (primary N) is 1. The van der Waals surface area contributed by atoms with Gasteiger partial charge in [0.25, 0.3) is 5.91 Å². The summed E-state index contributed by atoms with van der Waals surface area (Å²) in [5, 5.41) is 6.19. The second-order valence-corrected chi connectivity index (χ2v) is 4.07. The molecule has 1 aliphatic rings. The monoisotopic (exact) mass is 251 g/mol. The summed E-state index contributed by atoms with van der Waals surface area (Å²) in [6.45, 7) is 2.87. The lowest BCUT2D eigenvalue weighted by atomic mass is 10.2. The van der Waals surface area contributed by atoms with Gasteiger partial charge in [0, 0.05) is 19.3 Å². The van der Waals surface area contributed by atoms with E-state index in [1.165, 1.54) is 0 Å². The van der Waals surface area contributed by atoms with Gasteiger partial charge in [-0.1, -0.05) is 0 Å². The second kappa shape index (κ2) is 5.76. The molecule has 1 aromatic rings. The maximum atomic E-state index is 11.3. The minimum Gasteiger partial charge on any atom is -0.472 e. The normalized spacial score (nSPS) is 23.4. The predicted octanol–water partition coefficient (Wildman–Crippen LogP) is -1.35. The molecule has 0 spiro atoms. The number of rotatable bonds is 3. The fourth-order valence-electron chi connectivity index (χ4n) is 1.76. The van der Waals surface area contributed by atoms with E-state index in [0.717, 1.165) is 11.4 Å². The Kier molecular flexibility index (Phi) is 4.08. The smallest absolute Gasteiger partial charge is 0.252 e. The highest BCUT2D eigenvalue weighted by molar-refractivity contribution is 5.81. The predicted molar refractivity (Wildman–Crippen MR) is 65.5 cm³/mol. The van der Waals surface area contributed by atoms with Gasteiger partial charge >= 0.3 is 0 Å². The molecule has 0 saturated carbocycles. The fraction of sp³-hybridized carbons (Fsp3) is 0.455. The lowest BCUT2D eigenvalue weighted by Gasteiger charge is -2.30. The van der Waals surface area contributed by atoms with Crippen LogP contribution in [0.1, 0.15) is 5.69 Å². The second-order valence-electron chi connectivity index (χ2n) is 4.07. The standard InChI is InChI=1S/C11H17N5O2/c1-7-9(3-2-4-13-7)18-10-6-14-8(5-15-10)11(17)16-12/h2-4,8,10,14-15H,5-6,12H2,1H3,(H,16,17). The van der Waals surface area contributed by atoms with Crippen molar-refractivity contribution in [3.63, 3.8) is 0 Å². The molecule has 1 saturated heterocycles. The summed E-state index contributed by atoms with van der Waals surface area (Å²) in [6, 6.07) is 3.36. The first kappa shape index (κ1) is 12.7. The Morgan fingerprint density at radius 2 is 2.39 bits per heavy atom. The zero-order valence-electron chi connectivity index (χ0n) is 10.1. The third kappa shape index (κ3) is 2.95. The summed E-state index contributed by atoms with van der Waals surface area (Å²) in [5.41, 5.74) is 2.95. The first-order valence-corrected chi connectivity index (χ1v) is 5.76. The lowest BCUT2D eigenvalue weighted by molar-refractivity contribution is -0.123. The summed E-state index contributed by atoms with van der Waals surface area (Å²) in [6.07, 6.45) is 1.53. The van der Waals surface area contributed by atoms with Crippen LogP contribution >= 0.6 is 0 Å². The molecule has 2 unspecified atom stereocenters. The maximum absolute atomic E-state index is 11.3. The van der Waals surface area contributed by atoms with Gasteiger partial charge in [-0.25, -0.2) is 5.84 Å². The number of hydrogen-bond acceptors (Lipinski definition) is 6. The number of pyridine rings is 1. The summed E-state index contributed by atoms with van der Waals surface area (Å²) < 4.78 is 5.75. The Bertz CT molecular complexity index is 418. The number of aryl methyl sites for hydroxylation is 1. The van der Waals surface area contributed by atoms with Crippen LogP contribution in [-0.4, -0.2) is 36.3 Å². The third-order valence-corrected chi connectivity index (χ3v) is 2.79. The van der Waals surface area contributed by atoms with Gasteiger partial charge in [-0.2, -0.15) is 0 Å². The van der Waals surface area contributed by atoms with Crippen molar-refractivity contribution in [2.24, 2.45) is 5.84 Å². The number of ether oxygens (including phenoxy) is 1. The van der Waals surface area contributed by atoms with Gasteiger partial charge < -0.3 is 4.74 Å². The molecule has 98 valence electrons. The highest BCUT2D eigenvalue weighted by atomic mass is 16.5. The van der Waals surface area contributed by atoms with E-state index in [-0.39, 0.29) is 18.2 Å². The van der Waals surface area contributed by atoms with Gasteiger partial charge in [0.05, 0.1) is 5.69 Å². The number of nitrogens with one attached hydrogen (secondary N) is 3. The zero-order chi connectivity index (χ0) is 13.0. The van der Waals surface area contributed by atoms with Crippen LogP contribution in [0.3, 0.4) is 0 Å². The van der Waals surface area contributed by atoms with Crippen molar-refractivity contribution in [2.75, 3.05) is 13.1 Å². The van der Waals surface area contributed by atoms with Gasteiger partial charge in [-0.05, 0) is 19.1 Å². The lowest BCUT2D eigenvalue weighted by Crippen LogP contribution is -2.61. The SMILES string of the molecule is Cc1ncccc1OC1CNC(C(=O)NN)CN1. The number of hydrogen-bond donors (Lipinski definition) is 4. The van der Waals surface area contributed by atoms with Gasteiger partial charge in [0.1, 0.15) is 11.8 Å². The van der Waals surface area contributed by atoms with Crippen LogP contribution in [0.25, 0.3) is 0 Å². The third-order valence-electron chi connectivity index (χ3n) is 2.79. The molecular weight excluding hydrogens is 234 g/mol. The number of aromatic nitrogens is 1. The summed E-state index contributed by atoms with van der Waals surface area (Å²) >= 11 is 0. The van der Waals surface area contributed by atoms with Crippen LogP contribution < -0.4 is 26.6 Å². The Labute approximate surface area is 105 Å². The first-order valence-electron chi connectivity index (χ1n) is 5.76. The van der Waals surface area contributed by atoms with Crippen LogP contribution in [0.2, 0.25) is 0 Å². The van der Waals surface area contributed by atoms with Crippen molar-refractivity contribution >= 4 is 5.91 Å². The van der Waals surface area contributed by atoms with Gasteiger partial charge in [0.2, 0.25) is 0 Å². The van der Waals surface area contributed by atoms with Crippen LogP contribution in [0.5, 0.6) is 5.75 Å². The van der Waals surface area contributed by atoms with E-state index in [1.54, 1.807) is 6.20 Å². The minimum atomic E-state index is -0.329. The molecule has 0 bridgehead atoms. The molecule has 1 aliphatic heterocycles. The fourth-order valence-corrected chi connectivity index (χ4v) is 1.76. The number of nitrogens with zero attached hydrogens (tertiary/aromatic N) is 1. The van der Waals surface area contributed by atoms with Crippen molar-refractivity contribution in [3.8, 4) is 5.75 Å². The van der Waals surface area contributed by atoms with Crippen molar-refractivity contribution in [2.45, 2.75) is 19.2 Å². The van der Waals surface area contributed by atoms with Gasteiger partial charge in [0.15, 0.2) is 6.23 Å². The molecule has 7 nitrogen and oxygen atoms in total. The van der Waals surface area contributed by atoms with E-state index in [9.17, 15) is 4.79 Å². The largest absolute Gasteiger partial charge is 0.472 e. The molecule has 1 fully saturated rings. The van der Waals surface area contributed by atoms with Gasteiger partial charge in [-0.15, -0.1) is 0 Å². The molecule has 0 aliphatic carbocycles. The average molecular weight is 251 g/mol. The van der Waals surface area contributed by atoms with Crippen molar-refractivity contribution in [3.05, 3.63) is 24.0 Å². The van der Waals surface area contributed by atoms with E-state index in [1.807, 2.05) is 19.1 Å². The number of amides is 1. The van der Waals surface area contributed by atoms with E-state index >= 15 is 0 Å². The Hall–Kier alpha value is -1.70. The summed E-state index contributed by atoms with van der Waals surface area (Å²) in [4.78, 5) is 15.4. The molecule has 2 heterocycles. The van der Waals surface area contributed by atoms with E-state index in [4.69, 9.17) is 10.6 Å². The number of carbonyl (C=O) groups excluding carboxylic acids is 1. The molecular formula is C11H17N5O2. The molecule has 2 atom stereocenters. The molecule has 1 amide bonds. The number of hydrazine groups is 1. The summed E-state index contributed by atoms with van der Waals surface area (Å²) in [7, 11) is 0. The van der Waals surface area contributed by atoms with Crippen molar-refractivity contribution < 1.29 is 9.53 Å². The molecule has 0 aromatic carbocycles.